The molecule has 0 radical (unpaired) electrons. The van der Waals surface area contributed by atoms with Crippen LogP contribution < -0.4 is 11.3 Å². The number of nitrogens with two attached hydrogens (primary N) is 1. The lowest BCUT2D eigenvalue weighted by Gasteiger charge is -2.28. The van der Waals surface area contributed by atoms with Crippen LogP contribution in [0.4, 0.5) is 0 Å². The van der Waals surface area contributed by atoms with Gasteiger partial charge in [-0.15, -0.1) is 0 Å². The molecule has 0 rings (SSSR count). The van der Waals surface area contributed by atoms with Gasteiger partial charge in [-0.05, 0) is 33.4 Å². The monoisotopic (exact) mass is 287 g/mol. The minimum absolute atomic E-state index is 0.569. The minimum atomic E-state index is 0.569. The Hall–Kier alpha value is -0.850. The first-order valence-corrected chi connectivity index (χ1v) is 7.49. The third-order valence-corrected chi connectivity index (χ3v) is 2.74. The average Bonchev–Trinajstić information content (AvgIpc) is 2.38. The third-order valence-electron chi connectivity index (χ3n) is 2.74. The van der Waals surface area contributed by atoms with Gasteiger partial charge in [-0.25, -0.2) is 5.84 Å². The van der Waals surface area contributed by atoms with Gasteiger partial charge in [0, 0.05) is 39.4 Å². The van der Waals surface area contributed by atoms with E-state index in [1.54, 1.807) is 0 Å². The molecule has 0 aliphatic carbocycles. The molecule has 0 aliphatic heterocycles. The quantitative estimate of drug-likeness (QED) is 0.204. The Labute approximate surface area is 124 Å². The van der Waals surface area contributed by atoms with Crippen LogP contribution in [-0.2, 0) is 4.74 Å². The number of ether oxygens (including phenoxy) is 1. The van der Waals surface area contributed by atoms with Gasteiger partial charge in [0.2, 0.25) is 5.96 Å². The summed E-state index contributed by atoms with van der Waals surface area (Å²) in [4.78, 5) is 8.93. The lowest BCUT2D eigenvalue weighted by Crippen LogP contribution is -2.48. The molecule has 20 heavy (non-hydrogen) atoms. The second kappa shape index (κ2) is 11.9. The van der Waals surface area contributed by atoms with Gasteiger partial charge >= 0.3 is 0 Å². The molecular formula is C14H33N5O. The van der Waals surface area contributed by atoms with E-state index < -0.39 is 0 Å². The van der Waals surface area contributed by atoms with Crippen LogP contribution in [0.2, 0.25) is 0 Å². The van der Waals surface area contributed by atoms with E-state index in [0.717, 1.165) is 51.8 Å². The molecule has 0 amide bonds. The first-order valence-electron chi connectivity index (χ1n) is 7.49. The van der Waals surface area contributed by atoms with Crippen molar-refractivity contribution in [2.24, 2.45) is 16.8 Å². The van der Waals surface area contributed by atoms with Crippen LogP contribution in [-0.4, -0.2) is 69.2 Å². The van der Waals surface area contributed by atoms with Crippen molar-refractivity contribution in [2.75, 3.05) is 53.5 Å². The van der Waals surface area contributed by atoms with Crippen molar-refractivity contribution >= 4 is 5.96 Å². The molecule has 0 bridgehead atoms. The van der Waals surface area contributed by atoms with E-state index in [1.165, 1.54) is 0 Å². The highest BCUT2D eigenvalue weighted by Gasteiger charge is 2.12. The van der Waals surface area contributed by atoms with Gasteiger partial charge in [0.25, 0.3) is 0 Å². The summed E-state index contributed by atoms with van der Waals surface area (Å²) >= 11 is 0. The molecule has 0 saturated carbocycles. The molecule has 0 aromatic rings. The summed E-state index contributed by atoms with van der Waals surface area (Å²) in [6.07, 6.45) is 0.919. The molecule has 0 aromatic heterocycles. The maximum Gasteiger partial charge on any atom is 0.208 e. The lowest BCUT2D eigenvalue weighted by atomic mass is 10.2. The van der Waals surface area contributed by atoms with Gasteiger partial charge < -0.3 is 14.5 Å². The summed E-state index contributed by atoms with van der Waals surface area (Å²) in [5.41, 5.74) is 2.74. The molecule has 6 nitrogen and oxygen atoms in total. The van der Waals surface area contributed by atoms with E-state index in [2.05, 4.69) is 48.2 Å². The number of hydrogen-bond donors (Lipinski definition) is 2. The number of hydrogen-bond acceptors (Lipinski definition) is 4. The summed E-state index contributed by atoms with van der Waals surface area (Å²) in [6, 6.07) is 0. The Bertz CT molecular complexity index is 256. The molecule has 3 N–H and O–H groups in total. The Balaban J connectivity index is 4.41. The molecule has 0 aliphatic rings. The number of nitrogens with one attached hydrogen (secondary N) is 1. The summed E-state index contributed by atoms with van der Waals surface area (Å²) in [7, 11) is 4.14. The highest BCUT2D eigenvalue weighted by molar-refractivity contribution is 5.79. The molecule has 120 valence electrons. The number of rotatable bonds is 10. The van der Waals surface area contributed by atoms with Crippen LogP contribution in [0.3, 0.4) is 0 Å². The standard InChI is InChI=1S/C14H33N5O/c1-6-20-11-7-8-16-14(17-15)19(12-13(2)3)10-9-18(4)5/h13H,6-12,15H2,1-5H3,(H,16,17). The smallest absolute Gasteiger partial charge is 0.208 e. The molecule has 0 spiro atoms. The fraction of sp³-hybridized carbons (Fsp3) is 0.929. The zero-order chi connectivity index (χ0) is 15.4. The van der Waals surface area contributed by atoms with E-state index in [4.69, 9.17) is 10.6 Å². The van der Waals surface area contributed by atoms with Crippen LogP contribution in [0.15, 0.2) is 4.99 Å². The zero-order valence-electron chi connectivity index (χ0n) is 13.9. The molecular weight excluding hydrogens is 254 g/mol. The van der Waals surface area contributed by atoms with Crippen molar-refractivity contribution in [1.29, 1.82) is 0 Å². The van der Waals surface area contributed by atoms with E-state index in [-0.39, 0.29) is 0 Å². The summed E-state index contributed by atoms with van der Waals surface area (Å²) < 4.78 is 5.31. The maximum atomic E-state index is 5.63. The number of guanidine groups is 1. The van der Waals surface area contributed by atoms with Gasteiger partial charge in [0.05, 0.1) is 0 Å². The number of hydrazine groups is 1. The Morgan fingerprint density at radius 2 is 2.00 bits per heavy atom. The Kier molecular flexibility index (Phi) is 11.4. The van der Waals surface area contributed by atoms with E-state index in [9.17, 15) is 0 Å². The summed E-state index contributed by atoms with van der Waals surface area (Å²) in [5, 5.41) is 0. The van der Waals surface area contributed by atoms with Crippen molar-refractivity contribution in [1.82, 2.24) is 15.2 Å². The molecule has 0 saturated heterocycles. The molecule has 0 atom stereocenters. The predicted molar refractivity (Wildman–Crippen MR) is 85.7 cm³/mol. The molecule has 0 unspecified atom stereocenters. The van der Waals surface area contributed by atoms with Gasteiger partial charge in [0.15, 0.2) is 0 Å². The van der Waals surface area contributed by atoms with Crippen LogP contribution in [0.25, 0.3) is 0 Å². The summed E-state index contributed by atoms with van der Waals surface area (Å²) in [6.45, 7) is 11.5. The van der Waals surface area contributed by atoms with Gasteiger partial charge in [-0.1, -0.05) is 13.8 Å². The van der Waals surface area contributed by atoms with Crippen molar-refractivity contribution in [2.45, 2.75) is 27.2 Å². The molecule has 0 aromatic carbocycles. The van der Waals surface area contributed by atoms with Crippen molar-refractivity contribution in [3.63, 3.8) is 0 Å². The highest BCUT2D eigenvalue weighted by Crippen LogP contribution is 2.00. The van der Waals surface area contributed by atoms with Crippen molar-refractivity contribution in [3.8, 4) is 0 Å². The third kappa shape index (κ3) is 10.00. The summed E-state index contributed by atoms with van der Waals surface area (Å²) in [5.74, 6) is 6.97. The number of nitrogens with zero attached hydrogens (tertiary/aromatic N) is 3. The van der Waals surface area contributed by atoms with E-state index in [0.29, 0.717) is 5.92 Å². The molecule has 0 fully saturated rings. The van der Waals surface area contributed by atoms with Crippen LogP contribution in [0, 0.1) is 5.92 Å². The van der Waals surface area contributed by atoms with Crippen LogP contribution in [0.5, 0.6) is 0 Å². The SMILES string of the molecule is CCOCCCN=C(NN)N(CCN(C)C)CC(C)C. The predicted octanol–water partition coefficient (Wildman–Crippen LogP) is 0.752. The van der Waals surface area contributed by atoms with Gasteiger partial charge in [-0.2, -0.15) is 0 Å². The van der Waals surface area contributed by atoms with E-state index in [1.807, 2.05) is 6.92 Å². The molecule has 0 heterocycles. The van der Waals surface area contributed by atoms with E-state index >= 15 is 0 Å². The van der Waals surface area contributed by atoms with Crippen molar-refractivity contribution < 1.29 is 4.74 Å². The minimum Gasteiger partial charge on any atom is -0.382 e. The normalized spacial score (nSPS) is 12.3. The topological polar surface area (TPSA) is 66.1 Å². The van der Waals surface area contributed by atoms with Gasteiger partial charge in [-0.3, -0.25) is 10.4 Å². The Morgan fingerprint density at radius 3 is 2.50 bits per heavy atom. The zero-order valence-corrected chi connectivity index (χ0v) is 13.9. The van der Waals surface area contributed by atoms with Crippen LogP contribution >= 0.6 is 0 Å². The molecule has 6 heteroatoms. The van der Waals surface area contributed by atoms with Crippen LogP contribution in [0.1, 0.15) is 27.2 Å². The number of aliphatic imine (C=N–C) groups is 1. The fourth-order valence-electron chi connectivity index (χ4n) is 1.78. The lowest BCUT2D eigenvalue weighted by molar-refractivity contribution is 0.146. The first-order chi connectivity index (χ1) is 9.51. The highest BCUT2D eigenvalue weighted by atomic mass is 16.5. The second-order valence-corrected chi connectivity index (χ2v) is 5.54. The Morgan fingerprint density at radius 1 is 1.30 bits per heavy atom. The second-order valence-electron chi connectivity index (χ2n) is 5.54. The average molecular weight is 287 g/mol. The first kappa shape index (κ1) is 19.1. The number of likely N-dealkylation sites (N-methyl/N-ethyl adjacent to an activating group) is 1. The fourth-order valence-corrected chi connectivity index (χ4v) is 1.78. The maximum absolute atomic E-state index is 5.63. The largest absolute Gasteiger partial charge is 0.382 e. The van der Waals surface area contributed by atoms with Gasteiger partial charge in [0.1, 0.15) is 0 Å². The van der Waals surface area contributed by atoms with Crippen molar-refractivity contribution in [3.05, 3.63) is 0 Å².